The summed E-state index contributed by atoms with van der Waals surface area (Å²) in [4.78, 5) is 69.5. The largest absolute Gasteiger partial charge is 0.465 e. The molecule has 4 atom stereocenters. The van der Waals surface area contributed by atoms with E-state index in [2.05, 4.69) is 32.4 Å². The monoisotopic (exact) mass is 748 g/mol. The number of aromatic nitrogens is 4. The molecule has 2 aromatic carbocycles. The first-order valence-electron chi connectivity index (χ1n) is 18.7. The molecule has 2 fully saturated rings. The van der Waals surface area contributed by atoms with Crippen molar-refractivity contribution in [1.82, 2.24) is 40.4 Å². The predicted octanol–water partition coefficient (Wildman–Crippen LogP) is 5.87. The second kappa shape index (κ2) is 16.9. The minimum atomic E-state index is -1.21. The van der Waals surface area contributed by atoms with Crippen LogP contribution in [0.2, 0.25) is 0 Å². The number of ether oxygens (including phenoxy) is 1. The number of hydrogen-bond acceptors (Lipinski definition) is 7. The highest BCUT2D eigenvalue weighted by molar-refractivity contribution is 5.87. The van der Waals surface area contributed by atoms with E-state index in [-0.39, 0.29) is 35.7 Å². The summed E-state index contributed by atoms with van der Waals surface area (Å²) < 4.78 is 4.73. The maximum Gasteiger partial charge on any atom is 0.407 e. The molecule has 1 unspecified atom stereocenters. The Balaban J connectivity index is 1.08. The van der Waals surface area contributed by atoms with E-state index < -0.39 is 24.3 Å². The Morgan fingerprint density at radius 1 is 0.745 bits per heavy atom. The molecular formula is C41H48N8O6. The number of H-pyrrole nitrogens is 2. The number of carbonyl (C=O) groups excluding carboxylic acids is 3. The first kappa shape index (κ1) is 38.6. The van der Waals surface area contributed by atoms with E-state index in [4.69, 9.17) is 14.7 Å². The highest BCUT2D eigenvalue weighted by atomic mass is 16.5. The van der Waals surface area contributed by atoms with E-state index in [0.717, 1.165) is 53.6 Å². The molecule has 2 aromatic heterocycles. The fraction of sp³-hybridized carbons (Fsp3) is 0.415. The van der Waals surface area contributed by atoms with Crippen LogP contribution in [0, 0.1) is 23.7 Å². The van der Waals surface area contributed by atoms with E-state index in [1.165, 1.54) is 7.11 Å². The third kappa shape index (κ3) is 8.83. The number of hydrogen-bond donors (Lipinski definition) is 5. The van der Waals surface area contributed by atoms with Crippen LogP contribution in [0.5, 0.6) is 0 Å². The summed E-state index contributed by atoms with van der Waals surface area (Å²) in [6.07, 6.45) is 4.90. The van der Waals surface area contributed by atoms with E-state index in [1.807, 2.05) is 82.4 Å². The van der Waals surface area contributed by atoms with Gasteiger partial charge in [-0.05, 0) is 66.7 Å². The zero-order chi connectivity index (χ0) is 39.2. The number of nitrogens with zero attached hydrogens (tertiary/aromatic N) is 4. The molecule has 4 amide bonds. The molecule has 0 bridgehead atoms. The Hall–Kier alpha value is -6.10. The van der Waals surface area contributed by atoms with E-state index in [0.29, 0.717) is 30.4 Å². The van der Waals surface area contributed by atoms with Crippen LogP contribution in [-0.2, 0) is 14.3 Å². The van der Waals surface area contributed by atoms with Crippen molar-refractivity contribution in [1.29, 1.82) is 0 Å². The van der Waals surface area contributed by atoms with Gasteiger partial charge in [0.2, 0.25) is 11.8 Å². The summed E-state index contributed by atoms with van der Waals surface area (Å²) in [6, 6.07) is 14.1. The topological polar surface area (TPSA) is 186 Å². The third-order valence-electron chi connectivity index (χ3n) is 10.2. The van der Waals surface area contributed by atoms with Gasteiger partial charge in [-0.1, -0.05) is 70.0 Å². The molecule has 0 saturated carbocycles. The second-order valence-electron chi connectivity index (χ2n) is 14.7. The van der Waals surface area contributed by atoms with Crippen LogP contribution in [0.4, 0.5) is 9.59 Å². The smallest absolute Gasteiger partial charge is 0.407 e. The zero-order valence-corrected chi connectivity index (χ0v) is 31.8. The number of aromatic amines is 2. The van der Waals surface area contributed by atoms with Gasteiger partial charge in [0.15, 0.2) is 0 Å². The summed E-state index contributed by atoms with van der Waals surface area (Å²) in [5.41, 5.74) is 5.16. The second-order valence-corrected chi connectivity index (χ2v) is 14.7. The van der Waals surface area contributed by atoms with Gasteiger partial charge in [-0.3, -0.25) is 9.59 Å². The maximum absolute atomic E-state index is 13.4. The quantitative estimate of drug-likeness (QED) is 0.125. The molecule has 4 heterocycles. The number of methoxy groups -OCH3 is 1. The predicted molar refractivity (Wildman–Crippen MR) is 205 cm³/mol. The molecule has 2 saturated heterocycles. The Morgan fingerprint density at radius 3 is 1.80 bits per heavy atom. The molecule has 288 valence electrons. The molecule has 0 aliphatic carbocycles. The van der Waals surface area contributed by atoms with Crippen molar-refractivity contribution >= 4 is 24.0 Å². The zero-order valence-electron chi connectivity index (χ0n) is 31.8. The Morgan fingerprint density at radius 2 is 1.25 bits per heavy atom. The molecule has 0 spiro atoms. The van der Waals surface area contributed by atoms with Crippen molar-refractivity contribution in [3.05, 3.63) is 83.8 Å². The number of alkyl carbamates (subject to hydrolysis) is 1. The van der Waals surface area contributed by atoms with Crippen molar-refractivity contribution in [2.45, 2.75) is 77.5 Å². The van der Waals surface area contributed by atoms with Gasteiger partial charge in [0.1, 0.15) is 29.4 Å². The summed E-state index contributed by atoms with van der Waals surface area (Å²) in [5.74, 6) is 6.98. The first-order valence-corrected chi connectivity index (χ1v) is 18.7. The third-order valence-corrected chi connectivity index (χ3v) is 10.2. The van der Waals surface area contributed by atoms with Gasteiger partial charge in [-0.25, -0.2) is 19.6 Å². The summed E-state index contributed by atoms with van der Waals surface area (Å²) in [5, 5.41) is 14.3. The molecule has 0 radical (unpaired) electrons. The standard InChI is InChI=1S/C41H48N8O6/c1-24(2)34(46-40(52)53)38(50)49-21-7-9-33(49)37-43-23-31(45-37)29-17-15-28(16-18-29)27-13-10-26(11-14-27)12-19-30-22-42-36(44-30)32-8-6-20-48(32)39(51)35(25(3)4)47-41(54)55-5/h10-11,13-18,22-25,32-35,46H,6-9,20-21H2,1-5H3,(H,42,44)(H,43,45)(H,47,54)(H,52,53)/t32?,33-,34-,35-/m0/s1. The van der Waals surface area contributed by atoms with Crippen LogP contribution in [0.25, 0.3) is 22.4 Å². The van der Waals surface area contributed by atoms with Gasteiger partial charge in [0.05, 0.1) is 24.9 Å². The van der Waals surface area contributed by atoms with Crippen molar-refractivity contribution in [3.8, 4) is 34.2 Å². The van der Waals surface area contributed by atoms with E-state index in [9.17, 15) is 24.3 Å². The number of nitrogens with one attached hydrogen (secondary N) is 4. The van der Waals surface area contributed by atoms with Crippen LogP contribution in [0.1, 0.15) is 88.4 Å². The Bertz CT molecular complexity index is 2060. The summed E-state index contributed by atoms with van der Waals surface area (Å²) in [6.45, 7) is 8.56. The first-order chi connectivity index (χ1) is 26.4. The van der Waals surface area contributed by atoms with Crippen LogP contribution >= 0.6 is 0 Å². The van der Waals surface area contributed by atoms with Crippen LogP contribution < -0.4 is 10.6 Å². The van der Waals surface area contributed by atoms with Crippen molar-refractivity contribution in [2.75, 3.05) is 20.2 Å². The van der Waals surface area contributed by atoms with Crippen LogP contribution in [0.3, 0.4) is 0 Å². The molecule has 14 nitrogen and oxygen atoms in total. The lowest BCUT2D eigenvalue weighted by Crippen LogP contribution is -2.51. The minimum Gasteiger partial charge on any atom is -0.465 e. The van der Waals surface area contributed by atoms with Crippen molar-refractivity contribution in [3.63, 3.8) is 0 Å². The normalized spacial score (nSPS) is 17.8. The highest BCUT2D eigenvalue weighted by Gasteiger charge is 2.38. The van der Waals surface area contributed by atoms with Gasteiger partial charge < -0.3 is 40.2 Å². The lowest BCUT2D eigenvalue weighted by molar-refractivity contribution is -0.136. The van der Waals surface area contributed by atoms with Gasteiger partial charge in [-0.15, -0.1) is 0 Å². The Kier molecular flexibility index (Phi) is 11.9. The van der Waals surface area contributed by atoms with Crippen LogP contribution in [-0.4, -0.2) is 91.1 Å². The lowest BCUT2D eigenvalue weighted by atomic mass is 10.0. The molecular weight excluding hydrogens is 701 g/mol. The number of likely N-dealkylation sites (tertiary alicyclic amines) is 2. The van der Waals surface area contributed by atoms with E-state index in [1.54, 1.807) is 16.0 Å². The molecule has 4 aromatic rings. The molecule has 6 rings (SSSR count). The molecule has 5 N–H and O–H groups in total. The van der Waals surface area contributed by atoms with Gasteiger partial charge in [-0.2, -0.15) is 0 Å². The van der Waals surface area contributed by atoms with Gasteiger partial charge >= 0.3 is 12.2 Å². The summed E-state index contributed by atoms with van der Waals surface area (Å²) >= 11 is 0. The molecule has 2 aliphatic rings. The minimum absolute atomic E-state index is 0.113. The van der Waals surface area contributed by atoms with E-state index >= 15 is 0 Å². The fourth-order valence-corrected chi connectivity index (χ4v) is 7.28. The number of amides is 4. The number of carbonyl (C=O) groups is 4. The maximum atomic E-state index is 13.4. The van der Waals surface area contributed by atoms with Crippen molar-refractivity contribution in [2.24, 2.45) is 11.8 Å². The van der Waals surface area contributed by atoms with Crippen molar-refractivity contribution < 1.29 is 29.0 Å². The number of benzene rings is 2. The summed E-state index contributed by atoms with van der Waals surface area (Å²) in [7, 11) is 1.28. The highest BCUT2D eigenvalue weighted by Crippen LogP contribution is 2.34. The molecule has 14 heteroatoms. The van der Waals surface area contributed by atoms with Gasteiger partial charge in [0.25, 0.3) is 0 Å². The van der Waals surface area contributed by atoms with Gasteiger partial charge in [0, 0.05) is 36.6 Å². The molecule has 55 heavy (non-hydrogen) atoms. The molecule has 2 aliphatic heterocycles. The number of imidazole rings is 2. The lowest BCUT2D eigenvalue weighted by Gasteiger charge is -2.29. The number of carboxylic acid groups (broad SMARTS) is 1. The average Bonchev–Trinajstić information content (AvgIpc) is 4.01. The van der Waals surface area contributed by atoms with Crippen LogP contribution in [0.15, 0.2) is 60.9 Å². The number of rotatable bonds is 10. The Labute approximate surface area is 320 Å². The SMILES string of the molecule is COC(=O)N[C@H](C(=O)N1CCCC1c1nc(C#Cc2ccc(-c3ccc(-c4c[nH]c([C@@H]5CCCN5C(=O)[C@@H](NC(=O)O)C(C)C)n4)cc3)cc2)c[nH]1)C(C)C. The average molecular weight is 749 g/mol. The fourth-order valence-electron chi connectivity index (χ4n) is 7.28.